The molecule has 5 rings (SSSR count). The van der Waals surface area contributed by atoms with Crippen molar-refractivity contribution in [2.45, 2.75) is 30.6 Å². The number of morpholine rings is 1. The standard InChI is InChI=1S/C29H35N3O6S/c1-36-28-19-23(9-12-27(28)38-21-22-7-3-2-4-8-22)29(33)30-25-20-24(10-11-26(25)31-13-5-6-14-31)39(34,35)32-15-17-37-18-16-32/h2-4,7-12,19-20,29-30,33H,5-6,13-18,21H2,1H3/t29-/m1/s1. The van der Waals surface area contributed by atoms with Gasteiger partial charge in [0.25, 0.3) is 0 Å². The minimum absolute atomic E-state index is 0.185. The summed E-state index contributed by atoms with van der Waals surface area (Å²) in [6.07, 6.45) is 1.03. The SMILES string of the molecule is COc1cc([C@@H](O)Nc2cc(S(=O)(=O)N3CCOCC3)ccc2N2CCCC2)ccc1OCc1ccccc1. The van der Waals surface area contributed by atoms with Gasteiger partial charge < -0.3 is 29.5 Å². The van der Waals surface area contributed by atoms with E-state index in [2.05, 4.69) is 10.2 Å². The van der Waals surface area contributed by atoms with Crippen molar-refractivity contribution in [1.29, 1.82) is 0 Å². The van der Waals surface area contributed by atoms with Gasteiger partial charge in [-0.1, -0.05) is 36.4 Å². The Labute approximate surface area is 230 Å². The summed E-state index contributed by atoms with van der Waals surface area (Å²) in [6.45, 7) is 3.54. The van der Waals surface area contributed by atoms with Crippen molar-refractivity contribution in [1.82, 2.24) is 4.31 Å². The maximum Gasteiger partial charge on any atom is 0.243 e. The molecule has 2 aliphatic rings. The Hall–Kier alpha value is -3.31. The van der Waals surface area contributed by atoms with Crippen LogP contribution in [0.15, 0.2) is 71.6 Å². The van der Waals surface area contributed by atoms with E-state index in [1.54, 1.807) is 37.4 Å². The molecule has 2 aliphatic heterocycles. The second-order valence-electron chi connectivity index (χ2n) is 9.62. The van der Waals surface area contributed by atoms with E-state index in [1.165, 1.54) is 4.31 Å². The van der Waals surface area contributed by atoms with Crippen LogP contribution in [0.3, 0.4) is 0 Å². The van der Waals surface area contributed by atoms with Crippen molar-refractivity contribution in [2.24, 2.45) is 0 Å². The Kier molecular flexibility index (Phi) is 8.56. The van der Waals surface area contributed by atoms with Gasteiger partial charge in [0.1, 0.15) is 6.61 Å². The van der Waals surface area contributed by atoms with Crippen LogP contribution in [0.1, 0.15) is 30.2 Å². The van der Waals surface area contributed by atoms with Crippen LogP contribution in [0.4, 0.5) is 11.4 Å². The highest BCUT2D eigenvalue weighted by Gasteiger charge is 2.28. The Bertz CT molecular complexity index is 1360. The van der Waals surface area contributed by atoms with Crippen molar-refractivity contribution in [2.75, 3.05) is 56.7 Å². The highest BCUT2D eigenvalue weighted by Crippen LogP contribution is 2.36. The largest absolute Gasteiger partial charge is 0.493 e. The molecule has 208 valence electrons. The van der Waals surface area contributed by atoms with Gasteiger partial charge in [-0.05, 0) is 48.7 Å². The summed E-state index contributed by atoms with van der Waals surface area (Å²) >= 11 is 0. The lowest BCUT2D eigenvalue weighted by atomic mass is 10.1. The zero-order valence-corrected chi connectivity index (χ0v) is 22.9. The number of rotatable bonds is 10. The topological polar surface area (TPSA) is 101 Å². The Morgan fingerprint density at radius 3 is 2.41 bits per heavy atom. The number of aliphatic hydroxyl groups excluding tert-OH is 1. The van der Waals surface area contributed by atoms with Gasteiger partial charge in [0.05, 0.1) is 36.6 Å². The molecule has 0 bridgehead atoms. The summed E-state index contributed by atoms with van der Waals surface area (Å²) in [5.74, 6) is 1.06. The molecule has 39 heavy (non-hydrogen) atoms. The minimum Gasteiger partial charge on any atom is -0.493 e. The Morgan fingerprint density at radius 1 is 0.949 bits per heavy atom. The zero-order chi connectivity index (χ0) is 27.2. The molecule has 3 aromatic rings. The molecule has 0 saturated carbocycles. The highest BCUT2D eigenvalue weighted by molar-refractivity contribution is 7.89. The molecule has 2 heterocycles. The molecule has 9 nitrogen and oxygen atoms in total. The molecule has 3 aromatic carbocycles. The predicted octanol–water partition coefficient (Wildman–Crippen LogP) is 4.00. The van der Waals surface area contributed by atoms with Crippen molar-refractivity contribution in [3.05, 3.63) is 77.9 Å². The van der Waals surface area contributed by atoms with Gasteiger partial charge in [-0.2, -0.15) is 4.31 Å². The van der Waals surface area contributed by atoms with Crippen LogP contribution < -0.4 is 19.7 Å². The maximum atomic E-state index is 13.3. The molecule has 0 aromatic heterocycles. The first-order valence-electron chi connectivity index (χ1n) is 13.2. The van der Waals surface area contributed by atoms with Crippen LogP contribution in [-0.4, -0.2) is 64.3 Å². The van der Waals surface area contributed by atoms with Gasteiger partial charge >= 0.3 is 0 Å². The fraction of sp³-hybridized carbons (Fsp3) is 0.379. The lowest BCUT2D eigenvalue weighted by Crippen LogP contribution is -2.40. The van der Waals surface area contributed by atoms with Crippen molar-refractivity contribution < 1.29 is 27.7 Å². The van der Waals surface area contributed by atoms with E-state index in [-0.39, 0.29) is 4.90 Å². The number of methoxy groups -OCH3 is 1. The summed E-state index contributed by atoms with van der Waals surface area (Å²) in [6, 6.07) is 20.2. The predicted molar refractivity (Wildman–Crippen MR) is 150 cm³/mol. The third-order valence-corrected chi connectivity index (χ3v) is 8.95. The van der Waals surface area contributed by atoms with E-state index < -0.39 is 16.3 Å². The minimum atomic E-state index is -3.69. The summed E-state index contributed by atoms with van der Waals surface area (Å²) in [5, 5.41) is 14.4. The third-order valence-electron chi connectivity index (χ3n) is 7.06. The van der Waals surface area contributed by atoms with Gasteiger partial charge in [0.15, 0.2) is 17.7 Å². The molecule has 2 saturated heterocycles. The summed E-state index contributed by atoms with van der Waals surface area (Å²) < 4.78 is 45.0. The number of nitrogens with one attached hydrogen (secondary N) is 1. The number of hydrogen-bond donors (Lipinski definition) is 2. The maximum absolute atomic E-state index is 13.3. The number of anilines is 2. The molecule has 0 aliphatic carbocycles. The monoisotopic (exact) mass is 553 g/mol. The first-order chi connectivity index (χ1) is 19.0. The van der Waals surface area contributed by atoms with E-state index in [9.17, 15) is 13.5 Å². The average Bonchev–Trinajstić information content (AvgIpc) is 3.52. The first kappa shape index (κ1) is 27.3. The van der Waals surface area contributed by atoms with Gasteiger partial charge in [-0.25, -0.2) is 8.42 Å². The highest BCUT2D eigenvalue weighted by atomic mass is 32.2. The van der Waals surface area contributed by atoms with Crippen LogP contribution in [0.5, 0.6) is 11.5 Å². The molecule has 0 spiro atoms. The van der Waals surface area contributed by atoms with Crippen LogP contribution in [0, 0.1) is 0 Å². The van der Waals surface area contributed by atoms with Crippen LogP contribution in [0.2, 0.25) is 0 Å². The van der Waals surface area contributed by atoms with Crippen molar-refractivity contribution in [3.8, 4) is 11.5 Å². The van der Waals surface area contributed by atoms with Gasteiger partial charge in [0, 0.05) is 31.7 Å². The van der Waals surface area contributed by atoms with Crippen LogP contribution >= 0.6 is 0 Å². The molecule has 0 amide bonds. The number of ether oxygens (including phenoxy) is 3. The number of hydrogen-bond acceptors (Lipinski definition) is 8. The molecule has 2 N–H and O–H groups in total. The number of benzene rings is 3. The summed E-state index contributed by atoms with van der Waals surface area (Å²) in [7, 11) is -2.14. The Morgan fingerprint density at radius 2 is 1.69 bits per heavy atom. The lowest BCUT2D eigenvalue weighted by Gasteiger charge is -2.28. The quantitative estimate of drug-likeness (QED) is 0.364. The average molecular weight is 554 g/mol. The molecule has 0 radical (unpaired) electrons. The smallest absolute Gasteiger partial charge is 0.243 e. The van der Waals surface area contributed by atoms with Crippen molar-refractivity contribution >= 4 is 21.4 Å². The van der Waals surface area contributed by atoms with E-state index in [0.717, 1.165) is 37.2 Å². The van der Waals surface area contributed by atoms with Crippen LogP contribution in [-0.2, 0) is 21.4 Å². The molecule has 2 fully saturated rings. The molecular formula is C29H35N3O6S. The number of aliphatic hydroxyl groups is 1. The normalized spacial score (nSPS) is 17.1. The molecular weight excluding hydrogens is 518 g/mol. The van der Waals surface area contributed by atoms with Gasteiger partial charge in [-0.3, -0.25) is 0 Å². The molecule has 10 heteroatoms. The summed E-state index contributed by atoms with van der Waals surface area (Å²) in [5.41, 5.74) is 3.02. The Balaban J connectivity index is 1.38. The van der Waals surface area contributed by atoms with Gasteiger partial charge in [-0.15, -0.1) is 0 Å². The van der Waals surface area contributed by atoms with E-state index >= 15 is 0 Å². The third kappa shape index (κ3) is 6.30. The number of sulfonamides is 1. The molecule has 1 atom stereocenters. The fourth-order valence-corrected chi connectivity index (χ4v) is 6.34. The zero-order valence-electron chi connectivity index (χ0n) is 22.1. The second kappa shape index (κ2) is 12.3. The van der Waals surface area contributed by atoms with Gasteiger partial charge in [0.2, 0.25) is 10.0 Å². The van der Waals surface area contributed by atoms with E-state index in [4.69, 9.17) is 14.2 Å². The lowest BCUT2D eigenvalue weighted by molar-refractivity contribution is 0.0730. The van der Waals surface area contributed by atoms with Crippen molar-refractivity contribution in [3.63, 3.8) is 0 Å². The van der Waals surface area contributed by atoms with E-state index in [1.807, 2.05) is 36.4 Å². The van der Waals surface area contributed by atoms with E-state index in [0.29, 0.717) is 55.7 Å². The number of nitrogens with zero attached hydrogens (tertiary/aromatic N) is 2. The second-order valence-corrected chi connectivity index (χ2v) is 11.6. The van der Waals surface area contributed by atoms with Crippen LogP contribution in [0.25, 0.3) is 0 Å². The molecule has 0 unspecified atom stereocenters. The first-order valence-corrected chi connectivity index (χ1v) is 14.7. The fourth-order valence-electron chi connectivity index (χ4n) is 4.90. The summed E-state index contributed by atoms with van der Waals surface area (Å²) in [4.78, 5) is 2.39.